The van der Waals surface area contributed by atoms with E-state index in [-0.39, 0.29) is 29.7 Å². The van der Waals surface area contributed by atoms with Crippen LogP contribution in [0, 0.1) is 11.8 Å². The summed E-state index contributed by atoms with van der Waals surface area (Å²) in [5.41, 5.74) is 3.97. The molecule has 0 radical (unpaired) electrons. The maximum atomic E-state index is 14.1. The highest BCUT2D eigenvalue weighted by Gasteiger charge is 2.64. The van der Waals surface area contributed by atoms with Gasteiger partial charge in [-0.1, -0.05) is 0 Å². The number of anilines is 1. The van der Waals surface area contributed by atoms with Crippen LogP contribution >= 0.6 is 0 Å². The Morgan fingerprint density at radius 1 is 1.10 bits per heavy atom. The van der Waals surface area contributed by atoms with Gasteiger partial charge in [-0.15, -0.1) is 0 Å². The Morgan fingerprint density at radius 3 is 2.24 bits per heavy atom. The number of phenolic OH excluding ortho intramolecular Hbond substituents is 1. The van der Waals surface area contributed by atoms with Crippen molar-refractivity contribution >= 4 is 28.9 Å². The molecule has 0 bridgehead atoms. The summed E-state index contributed by atoms with van der Waals surface area (Å²) in [5.74, 6) is -6.42. The number of fused-ring (bicyclic) bond motifs is 3. The van der Waals surface area contributed by atoms with E-state index in [4.69, 9.17) is 5.73 Å². The molecule has 6 N–H and O–H groups in total. The molecular weight excluding hydrogens is 528 g/mol. The van der Waals surface area contributed by atoms with Crippen LogP contribution in [0.4, 0.5) is 5.69 Å². The van der Waals surface area contributed by atoms with Crippen molar-refractivity contribution in [1.82, 2.24) is 9.80 Å². The van der Waals surface area contributed by atoms with Gasteiger partial charge >= 0.3 is 0 Å². The van der Waals surface area contributed by atoms with Crippen LogP contribution in [0.25, 0.3) is 5.76 Å². The zero-order chi connectivity index (χ0) is 30.3. The normalized spacial score (nSPS) is 31.9. The summed E-state index contributed by atoms with van der Waals surface area (Å²) in [4.78, 5) is 45.3. The predicted molar refractivity (Wildman–Crippen MR) is 152 cm³/mol. The van der Waals surface area contributed by atoms with E-state index in [1.54, 1.807) is 14.1 Å². The van der Waals surface area contributed by atoms with Crippen molar-refractivity contribution in [3.8, 4) is 5.75 Å². The minimum Gasteiger partial charge on any atom is -0.508 e. The first-order chi connectivity index (χ1) is 19.1. The number of primary amides is 1. The third kappa shape index (κ3) is 4.08. The highest BCUT2D eigenvalue weighted by molar-refractivity contribution is 6.24. The van der Waals surface area contributed by atoms with E-state index < -0.39 is 58.0 Å². The van der Waals surface area contributed by atoms with E-state index in [1.165, 1.54) is 4.90 Å². The van der Waals surface area contributed by atoms with Crippen LogP contribution < -0.4 is 10.6 Å². The fraction of sp³-hybridized carbons (Fsp3) is 0.567. The quantitative estimate of drug-likeness (QED) is 0.328. The Kier molecular flexibility index (Phi) is 6.99. The third-order valence-electron chi connectivity index (χ3n) is 9.75. The van der Waals surface area contributed by atoms with E-state index in [9.17, 15) is 34.8 Å². The summed E-state index contributed by atoms with van der Waals surface area (Å²) in [6.45, 7) is 4.74. The molecule has 2 fully saturated rings. The average Bonchev–Trinajstić information content (AvgIpc) is 3.19. The van der Waals surface area contributed by atoms with Gasteiger partial charge in [-0.05, 0) is 71.2 Å². The molecule has 1 amide bonds. The summed E-state index contributed by atoms with van der Waals surface area (Å²) < 4.78 is 0. The summed E-state index contributed by atoms with van der Waals surface area (Å²) >= 11 is 0. The first-order valence-corrected chi connectivity index (χ1v) is 14.1. The van der Waals surface area contributed by atoms with Crippen molar-refractivity contribution in [2.75, 3.05) is 33.1 Å². The van der Waals surface area contributed by atoms with Gasteiger partial charge in [-0.25, -0.2) is 0 Å². The van der Waals surface area contributed by atoms with Crippen molar-refractivity contribution < 1.29 is 34.8 Å². The molecule has 1 heterocycles. The van der Waals surface area contributed by atoms with Crippen LogP contribution in [-0.2, 0) is 27.3 Å². The van der Waals surface area contributed by atoms with Crippen LogP contribution in [0.1, 0.15) is 49.8 Å². The molecular formula is C30H40N4O7. The molecule has 4 aliphatic rings. The number of amides is 1. The number of likely N-dealkylation sites (tertiary alicyclic amines) is 1. The van der Waals surface area contributed by atoms with Crippen molar-refractivity contribution in [2.45, 2.75) is 69.8 Å². The Balaban J connectivity index is 1.70. The third-order valence-corrected chi connectivity index (χ3v) is 9.75. The second-order valence-corrected chi connectivity index (χ2v) is 12.6. The lowest BCUT2D eigenvalue weighted by Crippen LogP contribution is -2.65. The average molecular weight is 569 g/mol. The number of Topliss-reactive ketones (excluding diaryl/α,β-unsaturated/α-hetero) is 2. The first-order valence-electron chi connectivity index (χ1n) is 14.1. The number of hydrogen-bond acceptors (Lipinski definition) is 10. The molecule has 222 valence electrons. The molecule has 41 heavy (non-hydrogen) atoms. The number of aromatic hydroxyl groups is 1. The standard InChI is InChI=1S/C30H40N4O7/c1-13-7-8-14(2)34(13)12-16-11-19(32(3)4)17-9-15-10-18-23(33(5)6)26(37)22(29(31)40)28(39)30(18,41)27(38)20(15)25(36)21(17)24(16)35/h11,13-15,18,23,35-36,39,41H,7-10,12H2,1-6H3,(H2,31,40)/t13?,14?,15-,18-,23?,30-/m1/s1. The molecule has 5 rings (SSSR count). The number of nitrogens with zero attached hydrogens (tertiary/aromatic N) is 3. The lowest BCUT2D eigenvalue weighted by atomic mass is 9.57. The summed E-state index contributed by atoms with van der Waals surface area (Å²) in [6.07, 6.45) is 2.40. The fourth-order valence-electron chi connectivity index (χ4n) is 7.62. The van der Waals surface area contributed by atoms with Crippen LogP contribution in [0.2, 0.25) is 0 Å². The highest BCUT2D eigenvalue weighted by atomic mass is 16.3. The summed E-state index contributed by atoms with van der Waals surface area (Å²) in [7, 11) is 6.90. The monoisotopic (exact) mass is 568 g/mol. The van der Waals surface area contributed by atoms with Gasteiger partial charge in [0, 0.05) is 55.5 Å². The molecule has 0 aromatic heterocycles. The van der Waals surface area contributed by atoms with Gasteiger partial charge in [0.2, 0.25) is 5.78 Å². The second kappa shape index (κ2) is 9.85. The van der Waals surface area contributed by atoms with Gasteiger partial charge in [0.25, 0.3) is 5.91 Å². The molecule has 11 heteroatoms. The van der Waals surface area contributed by atoms with E-state index in [1.807, 2.05) is 25.1 Å². The first kappa shape index (κ1) is 29.1. The molecule has 1 aromatic carbocycles. The molecule has 1 aliphatic heterocycles. The number of nitrogens with two attached hydrogens (primary N) is 1. The van der Waals surface area contributed by atoms with E-state index in [0.717, 1.165) is 18.5 Å². The summed E-state index contributed by atoms with van der Waals surface area (Å²) in [5, 5.41) is 46.1. The van der Waals surface area contributed by atoms with Crippen molar-refractivity contribution in [3.63, 3.8) is 0 Å². The minimum absolute atomic E-state index is 0.0595. The molecule has 1 saturated carbocycles. The van der Waals surface area contributed by atoms with E-state index >= 15 is 0 Å². The Morgan fingerprint density at radius 2 is 1.71 bits per heavy atom. The fourth-order valence-corrected chi connectivity index (χ4v) is 7.62. The number of likely N-dealkylation sites (N-methyl/N-ethyl adjacent to an activating group) is 1. The number of carbonyl (C=O) groups excluding carboxylic acids is 3. The lowest BCUT2D eigenvalue weighted by Gasteiger charge is -2.50. The molecule has 1 aromatic rings. The van der Waals surface area contributed by atoms with Gasteiger partial charge in [-0.2, -0.15) is 0 Å². The minimum atomic E-state index is -2.65. The van der Waals surface area contributed by atoms with Gasteiger partial charge in [-0.3, -0.25) is 24.2 Å². The number of benzene rings is 1. The molecule has 3 aliphatic carbocycles. The van der Waals surface area contributed by atoms with Crippen molar-refractivity contribution in [2.24, 2.45) is 17.6 Å². The maximum Gasteiger partial charge on any atom is 0.255 e. The van der Waals surface area contributed by atoms with Gasteiger partial charge < -0.3 is 31.1 Å². The van der Waals surface area contributed by atoms with E-state index in [0.29, 0.717) is 29.8 Å². The van der Waals surface area contributed by atoms with Crippen LogP contribution in [-0.4, -0.2) is 99.6 Å². The largest absolute Gasteiger partial charge is 0.508 e. The summed E-state index contributed by atoms with van der Waals surface area (Å²) in [6, 6.07) is 1.45. The number of phenols is 1. The smallest absolute Gasteiger partial charge is 0.255 e. The highest BCUT2D eigenvalue weighted by Crippen LogP contribution is 2.54. The van der Waals surface area contributed by atoms with Crippen molar-refractivity contribution in [3.05, 3.63) is 39.7 Å². The molecule has 6 atom stereocenters. The van der Waals surface area contributed by atoms with Gasteiger partial charge in [0.15, 0.2) is 11.4 Å². The lowest BCUT2D eigenvalue weighted by molar-refractivity contribution is -0.153. The second-order valence-electron chi connectivity index (χ2n) is 12.6. The number of aliphatic hydroxyl groups is 3. The van der Waals surface area contributed by atoms with Gasteiger partial charge in [0.1, 0.15) is 22.8 Å². The number of hydrogen-bond donors (Lipinski definition) is 5. The zero-order valence-electron chi connectivity index (χ0n) is 24.4. The number of ketones is 2. The number of aliphatic hydroxyl groups excluding tert-OH is 2. The van der Waals surface area contributed by atoms with Crippen LogP contribution in [0.15, 0.2) is 23.0 Å². The van der Waals surface area contributed by atoms with Crippen molar-refractivity contribution in [1.29, 1.82) is 0 Å². The Labute approximate surface area is 239 Å². The SMILES string of the molecule is CC1CCC(C)N1Cc1cc(N(C)C)c2c(c1O)C(O)=C1C(=O)[C@@]3(O)C(O)=C(C(N)=O)C(=O)C(N(C)C)[C@H]3C[C@H]1C2. The molecule has 1 saturated heterocycles. The Bertz CT molecular complexity index is 1400. The number of carbonyl (C=O) groups is 3. The van der Waals surface area contributed by atoms with Crippen LogP contribution in [0.3, 0.4) is 0 Å². The maximum absolute atomic E-state index is 14.1. The number of rotatable bonds is 5. The van der Waals surface area contributed by atoms with Crippen LogP contribution in [0.5, 0.6) is 5.75 Å². The topological polar surface area (TPSA) is 168 Å². The Hall–Kier alpha value is -3.41. The zero-order valence-corrected chi connectivity index (χ0v) is 24.4. The molecule has 3 unspecified atom stereocenters. The van der Waals surface area contributed by atoms with Gasteiger partial charge in [0.05, 0.1) is 11.6 Å². The molecule has 11 nitrogen and oxygen atoms in total. The predicted octanol–water partition coefficient (Wildman–Crippen LogP) is 1.40. The van der Waals surface area contributed by atoms with E-state index in [2.05, 4.69) is 18.7 Å². The molecule has 0 spiro atoms.